The van der Waals surface area contributed by atoms with Crippen molar-refractivity contribution >= 4 is 6.09 Å². The first-order valence-electron chi connectivity index (χ1n) is 8.38. The topological polar surface area (TPSA) is 47.6 Å². The van der Waals surface area contributed by atoms with E-state index in [1.165, 1.54) is 0 Å². The Balaban J connectivity index is 2.23. The van der Waals surface area contributed by atoms with Crippen LogP contribution < -0.4 is 10.1 Å². The van der Waals surface area contributed by atoms with Crippen molar-refractivity contribution in [2.24, 2.45) is 0 Å². The van der Waals surface area contributed by atoms with E-state index >= 15 is 0 Å². The molecule has 0 unspecified atom stereocenters. The maximum absolute atomic E-state index is 11.9. The first kappa shape index (κ1) is 18.4. The summed E-state index contributed by atoms with van der Waals surface area (Å²) in [5, 5.41) is 2.96. The molecule has 1 aromatic rings. The van der Waals surface area contributed by atoms with Crippen LogP contribution in [0.15, 0.2) is 36.9 Å². The van der Waals surface area contributed by atoms with Crippen LogP contribution in [0.2, 0.25) is 0 Å². The monoisotopic (exact) mass is 331 g/mol. The molecule has 1 N–H and O–H groups in total. The Morgan fingerprint density at radius 1 is 1.25 bits per heavy atom. The number of carbonyl (C=O) groups excluding carboxylic acids is 1. The van der Waals surface area contributed by atoms with E-state index in [0.717, 1.165) is 11.3 Å². The standard InChI is InChI=1S/C20H29NO3/c1-8-20(7)13-16(21-17(22)24-20)19(5,6)14-9-11-15(12-10-14)23-18(2,3)4/h8-12,16H,1,13H2,2-7H3,(H,21,22)/t16-,20+/m1/s1. The Morgan fingerprint density at radius 3 is 2.33 bits per heavy atom. The zero-order valence-corrected chi connectivity index (χ0v) is 15.6. The van der Waals surface area contributed by atoms with Crippen molar-refractivity contribution in [1.29, 1.82) is 0 Å². The average Bonchev–Trinajstić information content (AvgIpc) is 2.45. The lowest BCUT2D eigenvalue weighted by Crippen LogP contribution is -2.57. The van der Waals surface area contributed by atoms with Crippen molar-refractivity contribution < 1.29 is 14.3 Å². The van der Waals surface area contributed by atoms with Crippen LogP contribution in [0.1, 0.15) is 53.5 Å². The zero-order chi connectivity index (χ0) is 18.2. The lowest BCUT2D eigenvalue weighted by molar-refractivity contribution is 0.00932. The molecular weight excluding hydrogens is 302 g/mol. The molecule has 1 heterocycles. The number of nitrogens with one attached hydrogen (secondary N) is 1. The first-order chi connectivity index (χ1) is 11.0. The Kier molecular flexibility index (Phi) is 4.71. The first-order valence-corrected chi connectivity index (χ1v) is 8.38. The van der Waals surface area contributed by atoms with Gasteiger partial charge in [-0.15, -0.1) is 0 Å². The summed E-state index contributed by atoms with van der Waals surface area (Å²) in [5.41, 5.74) is 0.0310. The van der Waals surface area contributed by atoms with Crippen LogP contribution in [0.3, 0.4) is 0 Å². The molecule has 2 atom stereocenters. The summed E-state index contributed by atoms with van der Waals surface area (Å²) in [6.45, 7) is 16.0. The molecule has 0 radical (unpaired) electrons. The predicted molar refractivity (Wildman–Crippen MR) is 96.5 cm³/mol. The molecule has 0 aliphatic carbocycles. The van der Waals surface area contributed by atoms with Gasteiger partial charge in [-0.3, -0.25) is 0 Å². The SMILES string of the molecule is C=C[C@@]1(C)C[C@H](C(C)(C)c2ccc(OC(C)(C)C)cc2)NC(=O)O1. The summed E-state index contributed by atoms with van der Waals surface area (Å²) in [4.78, 5) is 11.9. The summed E-state index contributed by atoms with van der Waals surface area (Å²) < 4.78 is 11.2. The van der Waals surface area contributed by atoms with Gasteiger partial charge in [0.05, 0.1) is 0 Å². The van der Waals surface area contributed by atoms with E-state index in [2.05, 4.69) is 37.9 Å². The Labute approximate surface area is 145 Å². The van der Waals surface area contributed by atoms with E-state index < -0.39 is 11.7 Å². The van der Waals surface area contributed by atoms with Gasteiger partial charge in [-0.05, 0) is 51.5 Å². The fraction of sp³-hybridized carbons (Fsp3) is 0.550. The molecule has 4 heteroatoms. The Morgan fingerprint density at radius 2 is 1.83 bits per heavy atom. The summed E-state index contributed by atoms with van der Waals surface area (Å²) in [6, 6.07) is 8.05. The van der Waals surface area contributed by atoms with Crippen LogP contribution >= 0.6 is 0 Å². The molecule has 24 heavy (non-hydrogen) atoms. The highest BCUT2D eigenvalue weighted by atomic mass is 16.6. The molecule has 1 aromatic carbocycles. The molecule has 0 bridgehead atoms. The normalized spacial score (nSPS) is 24.8. The highest BCUT2D eigenvalue weighted by Crippen LogP contribution is 2.36. The third-order valence-electron chi connectivity index (χ3n) is 4.55. The maximum atomic E-state index is 11.9. The number of rotatable bonds is 4. The molecule has 1 saturated heterocycles. The molecule has 132 valence electrons. The zero-order valence-electron chi connectivity index (χ0n) is 15.6. The number of benzene rings is 1. The van der Waals surface area contributed by atoms with E-state index in [4.69, 9.17) is 9.47 Å². The minimum Gasteiger partial charge on any atom is -0.488 e. The quantitative estimate of drug-likeness (QED) is 0.821. The Bertz CT molecular complexity index is 613. The summed E-state index contributed by atoms with van der Waals surface area (Å²) in [6.07, 6.45) is 1.99. The molecule has 1 aliphatic rings. The number of alkyl carbamates (subject to hydrolysis) is 1. The van der Waals surface area contributed by atoms with Crippen LogP contribution in [0.5, 0.6) is 5.75 Å². The lowest BCUT2D eigenvalue weighted by atomic mass is 9.73. The van der Waals surface area contributed by atoms with Crippen LogP contribution in [0.4, 0.5) is 4.79 Å². The maximum Gasteiger partial charge on any atom is 0.408 e. The number of carbonyl (C=O) groups is 1. The minimum absolute atomic E-state index is 0.0452. The second-order valence-electron chi connectivity index (χ2n) is 8.27. The molecule has 0 saturated carbocycles. The molecule has 0 spiro atoms. The van der Waals surface area contributed by atoms with Crippen molar-refractivity contribution in [2.45, 2.75) is 70.6 Å². The van der Waals surface area contributed by atoms with Crippen molar-refractivity contribution in [3.8, 4) is 5.75 Å². The van der Waals surface area contributed by atoms with E-state index in [-0.39, 0.29) is 17.1 Å². The number of ether oxygens (including phenoxy) is 2. The number of hydrogen-bond acceptors (Lipinski definition) is 3. The largest absolute Gasteiger partial charge is 0.488 e. The third-order valence-corrected chi connectivity index (χ3v) is 4.55. The number of cyclic esters (lactones) is 1. The summed E-state index contributed by atoms with van der Waals surface area (Å²) in [5.74, 6) is 0.842. The molecule has 1 aliphatic heterocycles. The third kappa shape index (κ3) is 4.11. The Hall–Kier alpha value is -1.97. The molecular formula is C20H29NO3. The van der Waals surface area contributed by atoms with E-state index in [1.54, 1.807) is 6.08 Å². The van der Waals surface area contributed by atoms with Gasteiger partial charge in [0, 0.05) is 17.9 Å². The molecule has 4 nitrogen and oxygen atoms in total. The number of hydrogen-bond donors (Lipinski definition) is 1. The molecule has 2 rings (SSSR count). The van der Waals surface area contributed by atoms with Gasteiger partial charge in [0.15, 0.2) is 0 Å². The van der Waals surface area contributed by atoms with Gasteiger partial charge in [0.2, 0.25) is 0 Å². The van der Waals surface area contributed by atoms with Gasteiger partial charge < -0.3 is 14.8 Å². The summed E-state index contributed by atoms with van der Waals surface area (Å²) >= 11 is 0. The molecule has 1 fully saturated rings. The second-order valence-corrected chi connectivity index (χ2v) is 8.27. The van der Waals surface area contributed by atoms with Gasteiger partial charge in [-0.2, -0.15) is 0 Å². The van der Waals surface area contributed by atoms with Gasteiger partial charge >= 0.3 is 6.09 Å². The van der Waals surface area contributed by atoms with E-state index in [1.807, 2.05) is 39.8 Å². The average molecular weight is 331 g/mol. The molecule has 0 aromatic heterocycles. The smallest absolute Gasteiger partial charge is 0.408 e. The van der Waals surface area contributed by atoms with Crippen molar-refractivity contribution in [1.82, 2.24) is 5.32 Å². The van der Waals surface area contributed by atoms with Gasteiger partial charge in [-0.25, -0.2) is 4.79 Å². The van der Waals surface area contributed by atoms with Crippen molar-refractivity contribution in [3.63, 3.8) is 0 Å². The van der Waals surface area contributed by atoms with E-state index in [0.29, 0.717) is 6.42 Å². The van der Waals surface area contributed by atoms with Gasteiger partial charge in [0.25, 0.3) is 0 Å². The van der Waals surface area contributed by atoms with Crippen LogP contribution in [0, 0.1) is 0 Å². The van der Waals surface area contributed by atoms with Crippen LogP contribution in [0.25, 0.3) is 0 Å². The van der Waals surface area contributed by atoms with Gasteiger partial charge in [-0.1, -0.05) is 32.6 Å². The second kappa shape index (κ2) is 6.15. The summed E-state index contributed by atoms with van der Waals surface area (Å²) in [7, 11) is 0. The minimum atomic E-state index is -0.639. The highest BCUT2D eigenvalue weighted by Gasteiger charge is 2.43. The van der Waals surface area contributed by atoms with Crippen molar-refractivity contribution in [3.05, 3.63) is 42.5 Å². The van der Waals surface area contributed by atoms with E-state index in [9.17, 15) is 4.79 Å². The van der Waals surface area contributed by atoms with Gasteiger partial charge in [0.1, 0.15) is 17.0 Å². The van der Waals surface area contributed by atoms with Crippen molar-refractivity contribution in [2.75, 3.05) is 0 Å². The van der Waals surface area contributed by atoms with Crippen LogP contribution in [-0.2, 0) is 10.2 Å². The fourth-order valence-electron chi connectivity index (χ4n) is 2.95. The predicted octanol–water partition coefficient (Wildman–Crippen LogP) is 4.58. The fourth-order valence-corrected chi connectivity index (χ4v) is 2.95. The lowest BCUT2D eigenvalue weighted by Gasteiger charge is -2.43. The highest BCUT2D eigenvalue weighted by molar-refractivity contribution is 5.70. The number of amides is 1. The van der Waals surface area contributed by atoms with Crippen LogP contribution in [-0.4, -0.2) is 23.3 Å². The molecule has 1 amide bonds.